The highest BCUT2D eigenvalue weighted by Gasteiger charge is 2.26. The molecular formula is C42H32N4O2. The first-order valence-electron chi connectivity index (χ1n) is 16.4. The van der Waals surface area contributed by atoms with E-state index in [4.69, 9.17) is 9.47 Å². The maximum atomic E-state index is 9.64. The number of hydrogen-bond acceptors (Lipinski definition) is 6. The summed E-state index contributed by atoms with van der Waals surface area (Å²) < 4.78 is 12.4. The van der Waals surface area contributed by atoms with E-state index in [1.807, 2.05) is 66.8 Å². The predicted octanol–water partition coefficient (Wildman–Crippen LogP) is 9.83. The van der Waals surface area contributed by atoms with Gasteiger partial charge in [0.15, 0.2) is 11.5 Å². The average Bonchev–Trinajstić information content (AvgIpc) is 3.13. The van der Waals surface area contributed by atoms with Crippen molar-refractivity contribution in [3.05, 3.63) is 154 Å². The first kappa shape index (κ1) is 29.2. The van der Waals surface area contributed by atoms with Crippen LogP contribution >= 0.6 is 0 Å². The Kier molecular flexibility index (Phi) is 7.61. The molecule has 0 saturated carbocycles. The molecule has 4 aliphatic rings. The van der Waals surface area contributed by atoms with Crippen molar-refractivity contribution in [3.8, 4) is 23.6 Å². The van der Waals surface area contributed by atoms with E-state index in [1.165, 1.54) is 29.7 Å². The SMILES string of the molecule is N#CC(C#N)=C1C=C(/C=C/c2ccc(N3c4ccccc4Oc4ccccc43)cc2)OC(/C=C/c2cc3c4c(c2)CCCN4CCC3)=C1. The summed E-state index contributed by atoms with van der Waals surface area (Å²) in [6.45, 7) is 2.30. The van der Waals surface area contributed by atoms with Crippen LogP contribution in [0.2, 0.25) is 0 Å². The van der Waals surface area contributed by atoms with E-state index in [2.05, 4.69) is 64.4 Å². The summed E-state index contributed by atoms with van der Waals surface area (Å²) >= 11 is 0. The number of fused-ring (bicyclic) bond motifs is 2. The lowest BCUT2D eigenvalue weighted by Gasteiger charge is -2.37. The van der Waals surface area contributed by atoms with Crippen LogP contribution in [0.5, 0.6) is 11.5 Å². The normalized spacial score (nSPS) is 16.1. The molecule has 0 unspecified atom stereocenters. The van der Waals surface area contributed by atoms with Gasteiger partial charge in [0.1, 0.15) is 29.2 Å². The minimum Gasteiger partial charge on any atom is -0.457 e. The summed E-state index contributed by atoms with van der Waals surface area (Å²) in [7, 11) is 0. The van der Waals surface area contributed by atoms with Crippen molar-refractivity contribution in [2.75, 3.05) is 22.9 Å². The van der Waals surface area contributed by atoms with E-state index in [9.17, 15) is 10.5 Å². The van der Waals surface area contributed by atoms with Crippen LogP contribution in [0.15, 0.2) is 132 Å². The Hall–Kier alpha value is -6.24. The topological polar surface area (TPSA) is 72.5 Å². The molecule has 4 aliphatic heterocycles. The Morgan fingerprint density at radius 2 is 1.21 bits per heavy atom. The fraction of sp³-hybridized carbons (Fsp3) is 0.143. The van der Waals surface area contributed by atoms with Gasteiger partial charge in [-0.05, 0) is 121 Å². The molecule has 0 saturated heterocycles. The Morgan fingerprint density at radius 1 is 0.646 bits per heavy atom. The van der Waals surface area contributed by atoms with Gasteiger partial charge in [-0.15, -0.1) is 0 Å². The van der Waals surface area contributed by atoms with Crippen molar-refractivity contribution >= 4 is 34.9 Å². The molecule has 0 aromatic heterocycles. The van der Waals surface area contributed by atoms with Gasteiger partial charge >= 0.3 is 0 Å². The van der Waals surface area contributed by atoms with Crippen LogP contribution in [0.3, 0.4) is 0 Å². The summed E-state index contributed by atoms with van der Waals surface area (Å²) in [4.78, 5) is 4.74. The second-order valence-electron chi connectivity index (χ2n) is 12.3. The molecule has 4 aromatic rings. The van der Waals surface area contributed by atoms with E-state index in [-0.39, 0.29) is 5.57 Å². The molecule has 0 aliphatic carbocycles. The van der Waals surface area contributed by atoms with Gasteiger partial charge in [-0.3, -0.25) is 0 Å². The number of nitrogens with zero attached hydrogens (tertiary/aromatic N) is 4. The lowest BCUT2D eigenvalue weighted by Crippen LogP contribution is -2.34. The second-order valence-corrected chi connectivity index (χ2v) is 12.3. The van der Waals surface area contributed by atoms with E-state index < -0.39 is 0 Å². The van der Waals surface area contributed by atoms with Crippen LogP contribution < -0.4 is 14.5 Å². The quantitative estimate of drug-likeness (QED) is 0.181. The van der Waals surface area contributed by atoms with Crippen LogP contribution in [0, 0.1) is 22.7 Å². The molecule has 8 rings (SSSR count). The van der Waals surface area contributed by atoms with E-state index >= 15 is 0 Å². The van der Waals surface area contributed by atoms with Crippen LogP contribution in [0.4, 0.5) is 22.7 Å². The van der Waals surface area contributed by atoms with Gasteiger partial charge in [0.05, 0.1) is 11.4 Å². The molecule has 0 bridgehead atoms. The maximum Gasteiger partial charge on any atom is 0.151 e. The first-order chi connectivity index (χ1) is 23.7. The summed E-state index contributed by atoms with van der Waals surface area (Å²) in [6.07, 6.45) is 15.9. The number of anilines is 4. The zero-order valence-corrected chi connectivity index (χ0v) is 26.4. The van der Waals surface area contributed by atoms with Crippen molar-refractivity contribution in [3.63, 3.8) is 0 Å². The summed E-state index contributed by atoms with van der Waals surface area (Å²) in [5.41, 5.74) is 9.96. The average molecular weight is 625 g/mol. The summed E-state index contributed by atoms with van der Waals surface area (Å²) in [5.74, 6) is 2.74. The predicted molar refractivity (Wildman–Crippen MR) is 190 cm³/mol. The molecule has 0 amide bonds. The standard InChI is InChI=1S/C42H32N4O2/c43-27-34(28-44)33-25-36(47-37(26-33)20-16-30-23-31-7-5-21-45-22-6-8-32(24-30)42(31)45)19-15-29-13-17-35(18-14-29)46-38-9-1-3-11-40(38)48-41-12-4-2-10-39(41)46/h1-4,9-20,23-26H,5-8,21-22H2/b19-15+,20-16+. The molecule has 0 N–H and O–H groups in total. The number of hydrogen-bond donors (Lipinski definition) is 0. The van der Waals surface area contributed by atoms with Gasteiger partial charge < -0.3 is 19.3 Å². The van der Waals surface area contributed by atoms with Crippen molar-refractivity contribution in [1.29, 1.82) is 10.5 Å². The largest absolute Gasteiger partial charge is 0.457 e. The lowest BCUT2D eigenvalue weighted by atomic mass is 9.90. The van der Waals surface area contributed by atoms with Gasteiger partial charge in [0.2, 0.25) is 0 Å². The molecule has 0 radical (unpaired) electrons. The number of aryl methyl sites for hydroxylation is 2. The fourth-order valence-electron chi connectivity index (χ4n) is 7.01. The minimum absolute atomic E-state index is 0.0452. The third kappa shape index (κ3) is 5.55. The van der Waals surface area contributed by atoms with Gasteiger partial charge in [0, 0.05) is 30.0 Å². The van der Waals surface area contributed by atoms with Gasteiger partial charge in [-0.25, -0.2) is 0 Å². The van der Waals surface area contributed by atoms with Gasteiger partial charge in [-0.2, -0.15) is 10.5 Å². The molecule has 232 valence electrons. The Balaban J connectivity index is 1.05. The van der Waals surface area contributed by atoms with Crippen molar-refractivity contribution in [2.24, 2.45) is 0 Å². The summed E-state index contributed by atoms with van der Waals surface area (Å²) in [6, 6.07) is 33.0. The van der Waals surface area contributed by atoms with Crippen molar-refractivity contribution in [1.82, 2.24) is 0 Å². The van der Waals surface area contributed by atoms with E-state index in [0.29, 0.717) is 17.1 Å². The van der Waals surface area contributed by atoms with Crippen molar-refractivity contribution < 1.29 is 9.47 Å². The highest BCUT2D eigenvalue weighted by Crippen LogP contribution is 2.50. The molecule has 6 heteroatoms. The van der Waals surface area contributed by atoms with Crippen LogP contribution in [0.1, 0.15) is 35.1 Å². The Morgan fingerprint density at radius 3 is 1.79 bits per heavy atom. The van der Waals surface area contributed by atoms with Crippen molar-refractivity contribution in [2.45, 2.75) is 25.7 Å². The molecule has 0 fully saturated rings. The number of benzene rings is 4. The first-order valence-corrected chi connectivity index (χ1v) is 16.4. The fourth-order valence-corrected chi connectivity index (χ4v) is 7.01. The molecule has 6 nitrogen and oxygen atoms in total. The number of ether oxygens (including phenoxy) is 2. The smallest absolute Gasteiger partial charge is 0.151 e. The molecule has 48 heavy (non-hydrogen) atoms. The number of nitriles is 2. The highest BCUT2D eigenvalue weighted by atomic mass is 16.5. The number of para-hydroxylation sites is 4. The molecule has 4 aromatic carbocycles. The minimum atomic E-state index is 0.0452. The Bertz CT molecular complexity index is 2080. The number of rotatable bonds is 5. The summed E-state index contributed by atoms with van der Waals surface area (Å²) in [5, 5.41) is 19.3. The molecular weight excluding hydrogens is 592 g/mol. The van der Waals surface area contributed by atoms with E-state index in [0.717, 1.165) is 65.6 Å². The van der Waals surface area contributed by atoms with Crippen LogP contribution in [-0.2, 0) is 17.6 Å². The monoisotopic (exact) mass is 624 g/mol. The second kappa shape index (κ2) is 12.5. The van der Waals surface area contributed by atoms with Crippen LogP contribution in [-0.4, -0.2) is 13.1 Å². The zero-order valence-electron chi connectivity index (χ0n) is 26.4. The number of allylic oxidation sites excluding steroid dienone is 6. The van der Waals surface area contributed by atoms with E-state index in [1.54, 1.807) is 12.2 Å². The van der Waals surface area contributed by atoms with Crippen LogP contribution in [0.25, 0.3) is 12.2 Å². The molecule has 0 spiro atoms. The van der Waals surface area contributed by atoms with Gasteiger partial charge in [-0.1, -0.05) is 48.6 Å². The lowest BCUT2D eigenvalue weighted by molar-refractivity contribution is 0.332. The highest BCUT2D eigenvalue weighted by molar-refractivity contribution is 5.86. The third-order valence-electron chi connectivity index (χ3n) is 9.16. The third-order valence-corrected chi connectivity index (χ3v) is 9.16. The van der Waals surface area contributed by atoms with Gasteiger partial charge in [0.25, 0.3) is 0 Å². The Labute approximate surface area is 280 Å². The molecule has 4 heterocycles. The molecule has 0 atom stereocenters. The maximum absolute atomic E-state index is 9.64. The zero-order chi connectivity index (χ0) is 32.5.